The van der Waals surface area contributed by atoms with Crippen LogP contribution >= 0.6 is 0 Å². The standard InChI is InChI=1S/C22H29N3O6S/c1-4-25(5-2)32(28,29)20-14-18(12-13-19(20)30-6-3)24-21(26)15-23-22(27)31-16-17-10-8-7-9-11-17/h7-14H,4-6,15-16H2,1-3H3,(H,23,27)(H,24,26). The van der Waals surface area contributed by atoms with Gasteiger partial charge < -0.3 is 20.1 Å². The van der Waals surface area contributed by atoms with Crippen molar-refractivity contribution in [2.24, 2.45) is 0 Å². The zero-order chi connectivity index (χ0) is 23.6. The Kier molecular flexibility index (Phi) is 9.48. The summed E-state index contributed by atoms with van der Waals surface area (Å²) >= 11 is 0. The number of sulfonamides is 1. The Balaban J connectivity index is 2.02. The summed E-state index contributed by atoms with van der Waals surface area (Å²) < 4.78 is 37.8. The number of nitrogens with zero attached hydrogens (tertiary/aromatic N) is 1. The third-order valence-corrected chi connectivity index (χ3v) is 6.53. The molecule has 0 bridgehead atoms. The summed E-state index contributed by atoms with van der Waals surface area (Å²) in [7, 11) is -3.80. The monoisotopic (exact) mass is 463 g/mol. The van der Waals surface area contributed by atoms with E-state index < -0.39 is 22.0 Å². The first-order valence-electron chi connectivity index (χ1n) is 10.3. The molecule has 0 radical (unpaired) electrons. The van der Waals surface area contributed by atoms with Crippen LogP contribution in [0.3, 0.4) is 0 Å². The van der Waals surface area contributed by atoms with Crippen LogP contribution in [0.15, 0.2) is 53.4 Å². The average Bonchev–Trinajstić information content (AvgIpc) is 2.78. The molecule has 0 atom stereocenters. The van der Waals surface area contributed by atoms with Crippen molar-refractivity contribution in [3.8, 4) is 5.75 Å². The minimum Gasteiger partial charge on any atom is -0.492 e. The summed E-state index contributed by atoms with van der Waals surface area (Å²) in [6, 6.07) is 13.5. The van der Waals surface area contributed by atoms with Crippen molar-refractivity contribution in [1.29, 1.82) is 0 Å². The lowest BCUT2D eigenvalue weighted by molar-refractivity contribution is -0.115. The largest absolute Gasteiger partial charge is 0.492 e. The Morgan fingerprint density at radius 2 is 1.69 bits per heavy atom. The van der Waals surface area contributed by atoms with Crippen LogP contribution in [0, 0.1) is 0 Å². The fraction of sp³-hybridized carbons (Fsp3) is 0.364. The lowest BCUT2D eigenvalue weighted by atomic mass is 10.2. The maximum Gasteiger partial charge on any atom is 0.407 e. The van der Waals surface area contributed by atoms with Crippen molar-refractivity contribution in [3.05, 3.63) is 54.1 Å². The highest BCUT2D eigenvalue weighted by atomic mass is 32.2. The Morgan fingerprint density at radius 3 is 2.31 bits per heavy atom. The first-order chi connectivity index (χ1) is 15.3. The highest BCUT2D eigenvalue weighted by Crippen LogP contribution is 2.30. The van der Waals surface area contributed by atoms with E-state index in [1.165, 1.54) is 22.5 Å². The van der Waals surface area contributed by atoms with Crippen molar-refractivity contribution >= 4 is 27.7 Å². The summed E-state index contributed by atoms with van der Waals surface area (Å²) in [5.41, 5.74) is 1.09. The van der Waals surface area contributed by atoms with Gasteiger partial charge in [0, 0.05) is 18.8 Å². The van der Waals surface area contributed by atoms with Gasteiger partial charge in [-0.15, -0.1) is 0 Å². The minimum absolute atomic E-state index is 0.0314. The van der Waals surface area contributed by atoms with E-state index in [-0.39, 0.29) is 29.5 Å². The number of benzene rings is 2. The number of alkyl carbamates (subject to hydrolysis) is 1. The average molecular weight is 464 g/mol. The van der Waals surface area contributed by atoms with Crippen molar-refractivity contribution in [1.82, 2.24) is 9.62 Å². The van der Waals surface area contributed by atoms with Gasteiger partial charge in [0.2, 0.25) is 15.9 Å². The molecule has 2 aromatic carbocycles. The van der Waals surface area contributed by atoms with E-state index in [1.807, 2.05) is 30.3 Å². The third kappa shape index (κ3) is 6.96. The number of hydrogen-bond donors (Lipinski definition) is 2. The zero-order valence-corrected chi connectivity index (χ0v) is 19.3. The van der Waals surface area contributed by atoms with Crippen LogP contribution in [-0.4, -0.2) is 51.0 Å². The molecule has 0 saturated carbocycles. The van der Waals surface area contributed by atoms with E-state index in [9.17, 15) is 18.0 Å². The number of anilines is 1. The van der Waals surface area contributed by atoms with Gasteiger partial charge >= 0.3 is 6.09 Å². The molecule has 0 aliphatic carbocycles. The van der Waals surface area contributed by atoms with Crippen LogP contribution in [-0.2, 0) is 26.2 Å². The summed E-state index contributed by atoms with van der Waals surface area (Å²) in [5.74, 6) is -0.322. The number of hydrogen-bond acceptors (Lipinski definition) is 6. The normalized spacial score (nSPS) is 11.1. The highest BCUT2D eigenvalue weighted by molar-refractivity contribution is 7.89. The predicted octanol–water partition coefficient (Wildman–Crippen LogP) is 2.98. The molecule has 32 heavy (non-hydrogen) atoms. The molecule has 2 rings (SSSR count). The molecule has 0 aliphatic rings. The number of ether oxygens (including phenoxy) is 2. The Hall–Kier alpha value is -3.11. The van der Waals surface area contributed by atoms with E-state index in [2.05, 4.69) is 10.6 Å². The lowest BCUT2D eigenvalue weighted by Crippen LogP contribution is -2.33. The van der Waals surface area contributed by atoms with Crippen LogP contribution in [0.4, 0.5) is 10.5 Å². The second-order valence-electron chi connectivity index (χ2n) is 6.65. The van der Waals surface area contributed by atoms with Gasteiger partial charge in [-0.3, -0.25) is 4.79 Å². The number of amides is 2. The van der Waals surface area contributed by atoms with Crippen molar-refractivity contribution in [3.63, 3.8) is 0 Å². The van der Waals surface area contributed by atoms with Gasteiger partial charge in [0.1, 0.15) is 23.8 Å². The third-order valence-electron chi connectivity index (χ3n) is 4.46. The maximum atomic E-state index is 13.0. The second-order valence-corrected chi connectivity index (χ2v) is 8.55. The molecule has 10 heteroatoms. The molecule has 2 N–H and O–H groups in total. The van der Waals surface area contributed by atoms with E-state index in [1.54, 1.807) is 20.8 Å². The van der Waals surface area contributed by atoms with Crippen molar-refractivity contribution in [2.45, 2.75) is 32.3 Å². The molecule has 2 amide bonds. The van der Waals surface area contributed by atoms with Gasteiger partial charge in [0.05, 0.1) is 6.61 Å². The quantitative estimate of drug-likeness (QED) is 0.530. The second kappa shape index (κ2) is 12.1. The summed E-state index contributed by atoms with van der Waals surface area (Å²) in [4.78, 5) is 24.0. The van der Waals surface area contributed by atoms with Crippen LogP contribution in [0.1, 0.15) is 26.3 Å². The van der Waals surface area contributed by atoms with Crippen LogP contribution < -0.4 is 15.4 Å². The van der Waals surface area contributed by atoms with Crippen LogP contribution in [0.25, 0.3) is 0 Å². The van der Waals surface area contributed by atoms with Gasteiger partial charge in [0.25, 0.3) is 0 Å². The van der Waals surface area contributed by atoms with Gasteiger partial charge in [0.15, 0.2) is 0 Å². The first-order valence-corrected chi connectivity index (χ1v) is 11.8. The smallest absolute Gasteiger partial charge is 0.407 e. The summed E-state index contributed by atoms with van der Waals surface area (Å²) in [6.45, 7) is 5.89. The predicted molar refractivity (Wildman–Crippen MR) is 121 cm³/mol. The zero-order valence-electron chi connectivity index (χ0n) is 18.5. The molecule has 0 spiro atoms. The van der Waals surface area contributed by atoms with E-state index in [4.69, 9.17) is 9.47 Å². The van der Waals surface area contributed by atoms with E-state index in [0.29, 0.717) is 19.7 Å². The molecule has 0 aromatic heterocycles. The molecule has 0 aliphatic heterocycles. The molecule has 9 nitrogen and oxygen atoms in total. The highest BCUT2D eigenvalue weighted by Gasteiger charge is 2.26. The Morgan fingerprint density at radius 1 is 1.00 bits per heavy atom. The topological polar surface area (TPSA) is 114 Å². The molecule has 0 fully saturated rings. The SMILES string of the molecule is CCOc1ccc(NC(=O)CNC(=O)OCc2ccccc2)cc1S(=O)(=O)N(CC)CC. The van der Waals surface area contributed by atoms with Crippen molar-refractivity contribution in [2.75, 3.05) is 31.6 Å². The Bertz CT molecular complexity index is 1010. The molecule has 174 valence electrons. The van der Waals surface area contributed by atoms with Crippen LogP contribution in [0.2, 0.25) is 0 Å². The molecule has 0 heterocycles. The van der Waals surface area contributed by atoms with Crippen molar-refractivity contribution < 1.29 is 27.5 Å². The van der Waals surface area contributed by atoms with Gasteiger partial charge in [-0.25, -0.2) is 13.2 Å². The molecule has 2 aromatic rings. The fourth-order valence-electron chi connectivity index (χ4n) is 2.90. The number of carbonyl (C=O) groups excluding carboxylic acids is 2. The van der Waals surface area contributed by atoms with E-state index >= 15 is 0 Å². The minimum atomic E-state index is -3.80. The van der Waals surface area contributed by atoms with E-state index in [0.717, 1.165) is 5.56 Å². The molecule has 0 saturated heterocycles. The van der Waals surface area contributed by atoms with Gasteiger partial charge in [-0.2, -0.15) is 4.31 Å². The van der Waals surface area contributed by atoms with Gasteiger partial charge in [-0.05, 0) is 30.7 Å². The fourth-order valence-corrected chi connectivity index (χ4v) is 4.51. The first kappa shape index (κ1) is 25.2. The van der Waals surface area contributed by atoms with Crippen LogP contribution in [0.5, 0.6) is 5.75 Å². The maximum absolute atomic E-state index is 13.0. The summed E-state index contributed by atoms with van der Waals surface area (Å²) in [6.07, 6.45) is -0.736. The Labute approximate surface area is 188 Å². The molecular weight excluding hydrogens is 434 g/mol. The number of nitrogens with one attached hydrogen (secondary N) is 2. The number of carbonyl (C=O) groups is 2. The summed E-state index contributed by atoms with van der Waals surface area (Å²) in [5, 5.41) is 4.94. The van der Waals surface area contributed by atoms with Gasteiger partial charge in [-0.1, -0.05) is 44.2 Å². The molecular formula is C22H29N3O6S. The molecule has 0 unspecified atom stereocenters. The number of rotatable bonds is 11. The lowest BCUT2D eigenvalue weighted by Gasteiger charge is -2.21.